The van der Waals surface area contributed by atoms with Gasteiger partial charge in [0.2, 0.25) is 0 Å². The van der Waals surface area contributed by atoms with E-state index in [0.29, 0.717) is 0 Å². The number of hydrogen-bond acceptors (Lipinski definition) is 2. The normalized spacial score (nSPS) is 9.58. The number of alkyl halides is 1. The monoisotopic (exact) mass is 293 g/mol. The molecule has 0 atom stereocenters. The van der Waals surface area contributed by atoms with Crippen LogP contribution in [0.1, 0.15) is 0 Å². The van der Waals surface area contributed by atoms with E-state index in [1.165, 1.54) is 0 Å². The summed E-state index contributed by atoms with van der Waals surface area (Å²) in [7, 11) is 1.65. The molecule has 0 amide bonds. The Kier molecular flexibility index (Phi) is 3.88. The van der Waals surface area contributed by atoms with Gasteiger partial charge in [0.15, 0.2) is 0 Å². The van der Waals surface area contributed by atoms with Crippen LogP contribution in [0.25, 0.3) is 0 Å². The second-order valence-electron chi connectivity index (χ2n) is 2.16. The zero-order valence-electron chi connectivity index (χ0n) is 6.60. The highest BCUT2D eigenvalue weighted by Gasteiger charge is 1.99. The molecule has 0 heterocycles. The first-order valence-electron chi connectivity index (χ1n) is 3.41. The summed E-state index contributed by atoms with van der Waals surface area (Å²) in [6.07, 6.45) is 0. The summed E-state index contributed by atoms with van der Waals surface area (Å²) in [5, 5.41) is 3.13. The predicted octanol–water partition coefficient (Wildman–Crippen LogP) is 3.22. The van der Waals surface area contributed by atoms with Crippen LogP contribution in [0.2, 0.25) is 0 Å². The molecule has 0 fully saturated rings. The molecule has 4 heteroatoms. The number of hydrogen-bond donors (Lipinski definition) is 1. The molecule has 0 aromatic heterocycles. The fourth-order valence-corrected chi connectivity index (χ4v) is 1.72. The van der Waals surface area contributed by atoms with E-state index in [2.05, 4.69) is 37.2 Å². The quantitative estimate of drug-likeness (QED) is 0.683. The molecule has 0 aliphatic heterocycles. The van der Waals surface area contributed by atoms with Gasteiger partial charge < -0.3 is 10.1 Å². The van der Waals surface area contributed by atoms with Gasteiger partial charge in [-0.1, -0.05) is 15.9 Å². The summed E-state index contributed by atoms with van der Waals surface area (Å²) in [5.74, 6) is 0.843. The standard InChI is InChI=1S/C8H9Br2NO/c1-12-8-3-2-6(11-5-9)4-7(8)10/h2-4,11H,5H2,1H3. The minimum atomic E-state index is 0.742. The summed E-state index contributed by atoms with van der Waals surface area (Å²) in [5.41, 5.74) is 1.80. The lowest BCUT2D eigenvalue weighted by atomic mass is 10.3. The third-order valence-corrected chi connectivity index (χ3v) is 2.32. The van der Waals surface area contributed by atoms with Crippen LogP contribution in [0.3, 0.4) is 0 Å². The number of benzene rings is 1. The van der Waals surface area contributed by atoms with Crippen LogP contribution >= 0.6 is 31.9 Å². The van der Waals surface area contributed by atoms with Crippen molar-refractivity contribution in [3.63, 3.8) is 0 Å². The molecule has 1 rings (SSSR count). The number of halogens is 2. The van der Waals surface area contributed by atoms with Crippen LogP contribution in [-0.4, -0.2) is 12.6 Å². The second-order valence-corrected chi connectivity index (χ2v) is 3.57. The molecule has 1 aromatic rings. The van der Waals surface area contributed by atoms with Crippen molar-refractivity contribution in [2.75, 3.05) is 17.9 Å². The van der Waals surface area contributed by atoms with Crippen molar-refractivity contribution >= 4 is 37.5 Å². The van der Waals surface area contributed by atoms with Crippen molar-refractivity contribution in [2.45, 2.75) is 0 Å². The molecule has 0 saturated heterocycles. The Balaban J connectivity index is 2.86. The van der Waals surface area contributed by atoms with Crippen molar-refractivity contribution in [2.24, 2.45) is 0 Å². The van der Waals surface area contributed by atoms with E-state index in [4.69, 9.17) is 4.74 Å². The minimum Gasteiger partial charge on any atom is -0.496 e. The van der Waals surface area contributed by atoms with E-state index in [-0.39, 0.29) is 0 Å². The van der Waals surface area contributed by atoms with Gasteiger partial charge in [-0.25, -0.2) is 0 Å². The third kappa shape index (κ3) is 2.38. The zero-order valence-corrected chi connectivity index (χ0v) is 9.78. The maximum Gasteiger partial charge on any atom is 0.133 e. The predicted molar refractivity (Wildman–Crippen MR) is 58.1 cm³/mol. The SMILES string of the molecule is COc1ccc(NCBr)cc1Br. The highest BCUT2D eigenvalue weighted by Crippen LogP contribution is 2.27. The summed E-state index contributed by atoms with van der Waals surface area (Å²) < 4.78 is 6.05. The number of ether oxygens (including phenoxy) is 1. The molecule has 1 N–H and O–H groups in total. The Labute approximate surface area is 88.6 Å². The summed E-state index contributed by atoms with van der Waals surface area (Å²) >= 11 is 6.69. The summed E-state index contributed by atoms with van der Waals surface area (Å²) in [6, 6.07) is 5.85. The number of nitrogens with one attached hydrogen (secondary N) is 1. The van der Waals surface area contributed by atoms with Gasteiger partial charge in [0, 0.05) is 5.69 Å². The van der Waals surface area contributed by atoms with Gasteiger partial charge >= 0.3 is 0 Å². The van der Waals surface area contributed by atoms with Crippen LogP contribution in [0.15, 0.2) is 22.7 Å². The van der Waals surface area contributed by atoms with E-state index in [1.54, 1.807) is 7.11 Å². The molecule has 0 aliphatic rings. The van der Waals surface area contributed by atoms with Crippen LogP contribution in [0, 0.1) is 0 Å². The second kappa shape index (κ2) is 4.72. The fourth-order valence-electron chi connectivity index (χ4n) is 0.853. The van der Waals surface area contributed by atoms with Crippen LogP contribution in [-0.2, 0) is 0 Å². The van der Waals surface area contributed by atoms with Gasteiger partial charge in [-0.3, -0.25) is 0 Å². The van der Waals surface area contributed by atoms with Gasteiger partial charge in [0.1, 0.15) is 5.75 Å². The maximum absolute atomic E-state index is 5.09. The summed E-state index contributed by atoms with van der Waals surface area (Å²) in [6.45, 7) is 0. The molecule has 0 aliphatic carbocycles. The fraction of sp³-hybridized carbons (Fsp3) is 0.250. The lowest BCUT2D eigenvalue weighted by Gasteiger charge is -2.06. The topological polar surface area (TPSA) is 21.3 Å². The molecule has 0 radical (unpaired) electrons. The van der Waals surface area contributed by atoms with Gasteiger partial charge in [-0.05, 0) is 34.1 Å². The highest BCUT2D eigenvalue weighted by atomic mass is 79.9. The van der Waals surface area contributed by atoms with Crippen molar-refractivity contribution in [1.82, 2.24) is 0 Å². The Morgan fingerprint density at radius 1 is 1.50 bits per heavy atom. The van der Waals surface area contributed by atoms with Gasteiger partial charge in [0.05, 0.1) is 17.0 Å². The van der Waals surface area contributed by atoms with E-state index in [1.807, 2.05) is 18.2 Å². The first kappa shape index (κ1) is 9.86. The number of methoxy groups -OCH3 is 1. The molecule has 0 spiro atoms. The third-order valence-electron chi connectivity index (χ3n) is 1.42. The van der Waals surface area contributed by atoms with Crippen molar-refractivity contribution < 1.29 is 4.74 Å². The molecule has 0 saturated carbocycles. The zero-order chi connectivity index (χ0) is 8.97. The molecule has 0 unspecified atom stereocenters. The van der Waals surface area contributed by atoms with Crippen LogP contribution < -0.4 is 10.1 Å². The van der Waals surface area contributed by atoms with Crippen molar-refractivity contribution in [1.29, 1.82) is 0 Å². The van der Waals surface area contributed by atoms with Crippen molar-refractivity contribution in [3.8, 4) is 5.75 Å². The molecular weight excluding hydrogens is 286 g/mol. The number of rotatable bonds is 3. The van der Waals surface area contributed by atoms with Gasteiger partial charge in [-0.15, -0.1) is 0 Å². The molecule has 1 aromatic carbocycles. The molecule has 0 bridgehead atoms. The molecule has 66 valence electrons. The lowest BCUT2D eigenvalue weighted by molar-refractivity contribution is 0.412. The molecule has 12 heavy (non-hydrogen) atoms. The Morgan fingerprint density at radius 3 is 2.75 bits per heavy atom. The molecule has 2 nitrogen and oxygen atoms in total. The van der Waals surface area contributed by atoms with E-state index < -0.39 is 0 Å². The average molecular weight is 295 g/mol. The van der Waals surface area contributed by atoms with Crippen molar-refractivity contribution in [3.05, 3.63) is 22.7 Å². The molecular formula is C8H9Br2NO. The van der Waals surface area contributed by atoms with E-state index >= 15 is 0 Å². The van der Waals surface area contributed by atoms with Crippen LogP contribution in [0.5, 0.6) is 5.75 Å². The van der Waals surface area contributed by atoms with Gasteiger partial charge in [0.25, 0.3) is 0 Å². The average Bonchev–Trinajstić information content (AvgIpc) is 2.05. The van der Waals surface area contributed by atoms with E-state index in [9.17, 15) is 0 Å². The highest BCUT2D eigenvalue weighted by molar-refractivity contribution is 9.10. The van der Waals surface area contributed by atoms with E-state index in [0.717, 1.165) is 21.4 Å². The van der Waals surface area contributed by atoms with Gasteiger partial charge in [-0.2, -0.15) is 0 Å². The maximum atomic E-state index is 5.09. The Hall–Kier alpha value is -0.220. The Bertz CT molecular complexity index is 265. The largest absolute Gasteiger partial charge is 0.496 e. The number of anilines is 1. The minimum absolute atomic E-state index is 0.742. The first-order chi connectivity index (χ1) is 5.77. The smallest absolute Gasteiger partial charge is 0.133 e. The lowest BCUT2D eigenvalue weighted by Crippen LogP contribution is -1.93. The first-order valence-corrected chi connectivity index (χ1v) is 5.32. The van der Waals surface area contributed by atoms with Crippen LogP contribution in [0.4, 0.5) is 5.69 Å². The summed E-state index contributed by atoms with van der Waals surface area (Å²) in [4.78, 5) is 0. The Morgan fingerprint density at radius 2 is 2.25 bits per heavy atom.